The Balaban J connectivity index is 2.63. The smallest absolute Gasteiger partial charge is 0.0781 e. The van der Waals surface area contributed by atoms with Crippen LogP contribution in [0.4, 0.5) is 0 Å². The Morgan fingerprint density at radius 1 is 1.18 bits per heavy atom. The highest BCUT2D eigenvalue weighted by atomic mass is 35.5. The minimum Gasteiger partial charge on any atom is -0.330 e. The summed E-state index contributed by atoms with van der Waals surface area (Å²) in [7, 11) is 0. The molecule has 0 amide bonds. The molecule has 1 unspecified atom stereocenters. The molecule has 0 spiro atoms. The van der Waals surface area contributed by atoms with Gasteiger partial charge in [-0.1, -0.05) is 40.9 Å². The lowest BCUT2D eigenvalue weighted by Crippen LogP contribution is -2.20. The van der Waals surface area contributed by atoms with Gasteiger partial charge in [0.05, 0.1) is 15.1 Å². The van der Waals surface area contributed by atoms with Crippen molar-refractivity contribution >= 4 is 34.8 Å². The number of rotatable bonds is 6. The lowest BCUT2D eigenvalue weighted by atomic mass is 10.1. The zero-order chi connectivity index (χ0) is 12.8. The molecule has 0 aromatic heterocycles. The van der Waals surface area contributed by atoms with Crippen LogP contribution in [-0.4, -0.2) is 13.1 Å². The van der Waals surface area contributed by atoms with Crippen molar-refractivity contribution in [1.29, 1.82) is 0 Å². The number of unbranched alkanes of at least 4 members (excludes halogenated alkanes) is 1. The molecule has 96 valence electrons. The van der Waals surface area contributed by atoms with Gasteiger partial charge in [-0.25, -0.2) is 0 Å². The normalized spacial score (nSPS) is 12.8. The third-order valence-corrected chi connectivity index (χ3v) is 3.92. The zero-order valence-corrected chi connectivity index (χ0v) is 12.0. The minimum absolute atomic E-state index is 0.148. The van der Waals surface area contributed by atoms with Crippen molar-refractivity contribution in [2.24, 2.45) is 5.73 Å². The molecular weight excluding hydrogens is 279 g/mol. The molecule has 3 N–H and O–H groups in total. The Morgan fingerprint density at radius 2 is 1.88 bits per heavy atom. The first-order valence-electron chi connectivity index (χ1n) is 5.64. The van der Waals surface area contributed by atoms with Gasteiger partial charge in [-0.2, -0.15) is 0 Å². The summed E-state index contributed by atoms with van der Waals surface area (Å²) in [6, 6.07) is 3.82. The molecule has 1 aromatic rings. The summed E-state index contributed by atoms with van der Waals surface area (Å²) in [5.74, 6) is 0. The van der Waals surface area contributed by atoms with E-state index in [4.69, 9.17) is 40.5 Å². The van der Waals surface area contributed by atoms with Crippen LogP contribution in [0.2, 0.25) is 15.1 Å². The van der Waals surface area contributed by atoms with Crippen molar-refractivity contribution in [3.63, 3.8) is 0 Å². The molecule has 0 aliphatic carbocycles. The zero-order valence-electron chi connectivity index (χ0n) is 9.77. The van der Waals surface area contributed by atoms with Crippen molar-refractivity contribution in [2.45, 2.75) is 25.8 Å². The second-order valence-corrected chi connectivity index (χ2v) is 5.10. The summed E-state index contributed by atoms with van der Waals surface area (Å²) in [5.41, 5.74) is 6.40. The van der Waals surface area contributed by atoms with Crippen LogP contribution in [0.1, 0.15) is 31.4 Å². The molecule has 0 aliphatic heterocycles. The third kappa shape index (κ3) is 4.31. The number of hydrogen-bond acceptors (Lipinski definition) is 2. The van der Waals surface area contributed by atoms with Crippen LogP contribution >= 0.6 is 34.8 Å². The molecule has 1 atom stereocenters. The van der Waals surface area contributed by atoms with Crippen molar-refractivity contribution in [3.8, 4) is 0 Å². The van der Waals surface area contributed by atoms with Gasteiger partial charge in [0.2, 0.25) is 0 Å². The van der Waals surface area contributed by atoms with Crippen LogP contribution in [0.15, 0.2) is 12.1 Å². The van der Waals surface area contributed by atoms with Crippen molar-refractivity contribution in [2.75, 3.05) is 13.1 Å². The molecule has 1 rings (SSSR count). The van der Waals surface area contributed by atoms with E-state index >= 15 is 0 Å². The van der Waals surface area contributed by atoms with Gasteiger partial charge in [0.1, 0.15) is 0 Å². The number of hydrogen-bond donors (Lipinski definition) is 2. The van der Waals surface area contributed by atoms with Gasteiger partial charge in [0.25, 0.3) is 0 Å². The average Bonchev–Trinajstić information content (AvgIpc) is 2.31. The van der Waals surface area contributed by atoms with Gasteiger partial charge in [0, 0.05) is 6.04 Å². The fourth-order valence-electron chi connectivity index (χ4n) is 1.57. The van der Waals surface area contributed by atoms with Crippen molar-refractivity contribution in [3.05, 3.63) is 32.8 Å². The maximum atomic E-state index is 6.16. The first kappa shape index (κ1) is 15.1. The van der Waals surface area contributed by atoms with E-state index in [9.17, 15) is 0 Å². The highest BCUT2D eigenvalue weighted by molar-refractivity contribution is 6.48. The van der Waals surface area contributed by atoms with Crippen LogP contribution in [0, 0.1) is 0 Å². The Hall–Kier alpha value is 0.01000. The Labute approximate surface area is 117 Å². The predicted octanol–water partition coefficient (Wildman–Crippen LogP) is 4.04. The third-order valence-electron chi connectivity index (χ3n) is 2.61. The van der Waals surface area contributed by atoms with Crippen molar-refractivity contribution < 1.29 is 0 Å². The summed E-state index contributed by atoms with van der Waals surface area (Å²) in [6.07, 6.45) is 2.08. The topological polar surface area (TPSA) is 38.0 Å². The largest absolute Gasteiger partial charge is 0.330 e. The molecule has 5 heteroatoms. The van der Waals surface area contributed by atoms with Gasteiger partial charge in [-0.15, -0.1) is 0 Å². The standard InChI is InChI=1S/C12H17Cl3N2/c1-8(17-7-3-2-6-16)9-4-5-10(13)12(15)11(9)14/h4-5,8,17H,2-3,6-7,16H2,1H3. The summed E-state index contributed by atoms with van der Waals surface area (Å²) in [5, 5.41) is 4.81. The maximum Gasteiger partial charge on any atom is 0.0781 e. The molecule has 0 bridgehead atoms. The van der Waals surface area contributed by atoms with Crippen LogP contribution in [0.3, 0.4) is 0 Å². The van der Waals surface area contributed by atoms with E-state index in [1.807, 2.05) is 13.0 Å². The Bertz CT molecular complexity index is 369. The molecule has 0 fully saturated rings. The molecule has 0 aliphatic rings. The second kappa shape index (κ2) is 7.45. The fraction of sp³-hybridized carbons (Fsp3) is 0.500. The highest BCUT2D eigenvalue weighted by Crippen LogP contribution is 2.35. The van der Waals surface area contributed by atoms with Gasteiger partial charge >= 0.3 is 0 Å². The Morgan fingerprint density at radius 3 is 2.53 bits per heavy atom. The number of nitrogens with one attached hydrogen (secondary N) is 1. The van der Waals surface area contributed by atoms with Gasteiger partial charge in [-0.3, -0.25) is 0 Å². The van der Waals surface area contributed by atoms with E-state index in [1.54, 1.807) is 6.07 Å². The molecule has 17 heavy (non-hydrogen) atoms. The van der Waals surface area contributed by atoms with E-state index < -0.39 is 0 Å². The van der Waals surface area contributed by atoms with E-state index in [1.165, 1.54) is 0 Å². The number of nitrogens with two attached hydrogens (primary N) is 1. The monoisotopic (exact) mass is 294 g/mol. The summed E-state index contributed by atoms with van der Waals surface area (Å²) in [4.78, 5) is 0. The fourth-order valence-corrected chi connectivity index (χ4v) is 2.28. The van der Waals surface area contributed by atoms with Crippen LogP contribution in [0.25, 0.3) is 0 Å². The second-order valence-electron chi connectivity index (χ2n) is 3.94. The molecule has 0 heterocycles. The summed E-state index contributed by atoms with van der Waals surface area (Å²) in [6.45, 7) is 3.69. The van der Waals surface area contributed by atoms with Crippen LogP contribution in [-0.2, 0) is 0 Å². The van der Waals surface area contributed by atoms with Crippen LogP contribution < -0.4 is 11.1 Å². The average molecular weight is 296 g/mol. The van der Waals surface area contributed by atoms with E-state index in [0.29, 0.717) is 15.1 Å². The molecule has 0 saturated carbocycles. The lowest BCUT2D eigenvalue weighted by molar-refractivity contribution is 0.549. The first-order valence-corrected chi connectivity index (χ1v) is 6.78. The van der Waals surface area contributed by atoms with Gasteiger partial charge in [0.15, 0.2) is 0 Å². The minimum atomic E-state index is 0.148. The quantitative estimate of drug-likeness (QED) is 0.614. The number of benzene rings is 1. The van der Waals surface area contributed by atoms with E-state index in [0.717, 1.165) is 31.5 Å². The molecule has 2 nitrogen and oxygen atoms in total. The van der Waals surface area contributed by atoms with Crippen molar-refractivity contribution in [1.82, 2.24) is 5.32 Å². The first-order chi connectivity index (χ1) is 8.07. The number of halogens is 3. The SMILES string of the molecule is CC(NCCCCN)c1ccc(Cl)c(Cl)c1Cl. The van der Waals surface area contributed by atoms with Gasteiger partial charge in [-0.05, 0) is 44.5 Å². The van der Waals surface area contributed by atoms with Crippen LogP contribution in [0.5, 0.6) is 0 Å². The molecular formula is C12H17Cl3N2. The maximum absolute atomic E-state index is 6.16. The molecule has 0 radical (unpaired) electrons. The highest BCUT2D eigenvalue weighted by Gasteiger charge is 2.13. The predicted molar refractivity (Wildman–Crippen MR) is 76.2 cm³/mol. The Kier molecular flexibility index (Phi) is 6.60. The van der Waals surface area contributed by atoms with E-state index in [2.05, 4.69) is 5.32 Å². The molecule has 0 saturated heterocycles. The van der Waals surface area contributed by atoms with E-state index in [-0.39, 0.29) is 6.04 Å². The molecule has 1 aromatic carbocycles. The lowest BCUT2D eigenvalue weighted by Gasteiger charge is -2.16. The summed E-state index contributed by atoms with van der Waals surface area (Å²) < 4.78 is 0. The summed E-state index contributed by atoms with van der Waals surface area (Å²) >= 11 is 18.0. The van der Waals surface area contributed by atoms with Gasteiger partial charge < -0.3 is 11.1 Å².